The van der Waals surface area contributed by atoms with E-state index < -0.39 is 0 Å². The summed E-state index contributed by atoms with van der Waals surface area (Å²) in [4.78, 5) is 0. The molecule has 0 heterocycles. The molecule has 1 saturated carbocycles. The normalized spacial score (nSPS) is 21.0. The van der Waals surface area contributed by atoms with E-state index in [1.165, 1.54) is 70.6 Å². The van der Waals surface area contributed by atoms with Crippen LogP contribution in [0, 0.1) is 0 Å². The van der Waals surface area contributed by atoms with Crippen LogP contribution >= 0.6 is 12.4 Å². The summed E-state index contributed by atoms with van der Waals surface area (Å²) in [7, 11) is 0. The average Bonchev–Trinajstić information content (AvgIpc) is 2.28. The zero-order chi connectivity index (χ0) is 11.5. The third-order valence-corrected chi connectivity index (χ3v) is 3.68. The molecule has 1 aliphatic rings. The van der Waals surface area contributed by atoms with E-state index in [-0.39, 0.29) is 12.4 Å². The number of nitrogens with two attached hydrogens (primary N) is 1. The Morgan fingerprint density at radius 3 is 1.59 bits per heavy atom. The summed E-state index contributed by atoms with van der Waals surface area (Å²) in [6.07, 6.45) is 15.7. The molecular weight excluding hydrogens is 232 g/mol. The monoisotopic (exact) mass is 262 g/mol. The Morgan fingerprint density at radius 2 is 1.18 bits per heavy atom. The highest BCUT2D eigenvalue weighted by molar-refractivity contribution is 5.85. The van der Waals surface area contributed by atoms with Crippen LogP contribution in [-0.4, -0.2) is 19.1 Å². The molecular formula is C14H31ClN2. The SMILES string of the molecule is Cl.NCCNC1CCCCCCCCCCC1. The molecule has 2 nitrogen and oxygen atoms in total. The van der Waals surface area contributed by atoms with Gasteiger partial charge < -0.3 is 11.1 Å². The summed E-state index contributed by atoms with van der Waals surface area (Å²) < 4.78 is 0. The average molecular weight is 263 g/mol. The summed E-state index contributed by atoms with van der Waals surface area (Å²) >= 11 is 0. The van der Waals surface area contributed by atoms with Crippen LogP contribution in [0.1, 0.15) is 70.6 Å². The van der Waals surface area contributed by atoms with Gasteiger partial charge in [0.1, 0.15) is 0 Å². The summed E-state index contributed by atoms with van der Waals surface area (Å²) in [5.41, 5.74) is 5.55. The van der Waals surface area contributed by atoms with Crippen molar-refractivity contribution < 1.29 is 0 Å². The van der Waals surface area contributed by atoms with Crippen molar-refractivity contribution in [1.29, 1.82) is 0 Å². The fraction of sp³-hybridized carbons (Fsp3) is 1.00. The van der Waals surface area contributed by atoms with Crippen LogP contribution < -0.4 is 11.1 Å². The fourth-order valence-corrected chi connectivity index (χ4v) is 2.65. The minimum Gasteiger partial charge on any atom is -0.329 e. The fourth-order valence-electron chi connectivity index (χ4n) is 2.65. The highest BCUT2D eigenvalue weighted by Gasteiger charge is 2.07. The van der Waals surface area contributed by atoms with Gasteiger partial charge in [0.15, 0.2) is 0 Å². The van der Waals surface area contributed by atoms with Crippen molar-refractivity contribution in [3.63, 3.8) is 0 Å². The lowest BCUT2D eigenvalue weighted by molar-refractivity contribution is 0.408. The molecule has 1 rings (SSSR count). The van der Waals surface area contributed by atoms with Crippen molar-refractivity contribution in [2.75, 3.05) is 13.1 Å². The van der Waals surface area contributed by atoms with Gasteiger partial charge >= 0.3 is 0 Å². The molecule has 0 spiro atoms. The quantitative estimate of drug-likeness (QED) is 0.815. The van der Waals surface area contributed by atoms with Crippen molar-refractivity contribution in [2.24, 2.45) is 5.73 Å². The highest BCUT2D eigenvalue weighted by Crippen LogP contribution is 2.16. The first kappa shape index (κ1) is 17.2. The number of hydrogen-bond donors (Lipinski definition) is 2. The van der Waals surface area contributed by atoms with Crippen LogP contribution in [-0.2, 0) is 0 Å². The van der Waals surface area contributed by atoms with Gasteiger partial charge in [-0.05, 0) is 12.8 Å². The molecule has 0 aromatic carbocycles. The van der Waals surface area contributed by atoms with Gasteiger partial charge in [-0.2, -0.15) is 0 Å². The zero-order valence-corrected chi connectivity index (χ0v) is 12.1. The molecule has 17 heavy (non-hydrogen) atoms. The van der Waals surface area contributed by atoms with E-state index in [0.717, 1.165) is 19.1 Å². The molecule has 0 bridgehead atoms. The number of hydrogen-bond acceptors (Lipinski definition) is 2. The van der Waals surface area contributed by atoms with E-state index in [2.05, 4.69) is 5.32 Å². The molecule has 3 heteroatoms. The van der Waals surface area contributed by atoms with Crippen molar-refractivity contribution in [3.8, 4) is 0 Å². The lowest BCUT2D eigenvalue weighted by Crippen LogP contribution is -2.33. The predicted octanol–water partition coefficient (Wildman–Crippen LogP) is 3.63. The maximum absolute atomic E-state index is 5.55. The van der Waals surface area contributed by atoms with E-state index in [1.54, 1.807) is 0 Å². The lowest BCUT2D eigenvalue weighted by atomic mass is 9.98. The van der Waals surface area contributed by atoms with Gasteiger partial charge in [-0.3, -0.25) is 0 Å². The Bertz CT molecular complexity index is 141. The number of halogens is 1. The minimum atomic E-state index is 0. The first-order valence-corrected chi connectivity index (χ1v) is 7.37. The van der Waals surface area contributed by atoms with E-state index >= 15 is 0 Å². The standard InChI is InChI=1S/C14H30N2.ClH/c15-12-13-16-14-10-8-6-4-2-1-3-5-7-9-11-14;/h14,16H,1-13,15H2;1H. The topological polar surface area (TPSA) is 38.0 Å². The van der Waals surface area contributed by atoms with Gasteiger partial charge in [0, 0.05) is 19.1 Å². The number of nitrogens with one attached hydrogen (secondary N) is 1. The second kappa shape index (κ2) is 12.7. The number of rotatable bonds is 3. The third-order valence-electron chi connectivity index (χ3n) is 3.68. The van der Waals surface area contributed by atoms with E-state index in [4.69, 9.17) is 5.73 Å². The van der Waals surface area contributed by atoms with E-state index in [0.29, 0.717) is 0 Å². The van der Waals surface area contributed by atoms with Gasteiger partial charge in [0.2, 0.25) is 0 Å². The van der Waals surface area contributed by atoms with Crippen molar-refractivity contribution in [3.05, 3.63) is 0 Å². The lowest BCUT2D eigenvalue weighted by Gasteiger charge is -2.19. The van der Waals surface area contributed by atoms with Crippen LogP contribution in [0.4, 0.5) is 0 Å². The summed E-state index contributed by atoms with van der Waals surface area (Å²) in [5.74, 6) is 0. The van der Waals surface area contributed by atoms with Gasteiger partial charge in [0.25, 0.3) is 0 Å². The maximum Gasteiger partial charge on any atom is 0.00770 e. The smallest absolute Gasteiger partial charge is 0.00770 e. The first-order valence-electron chi connectivity index (χ1n) is 7.37. The highest BCUT2D eigenvalue weighted by atomic mass is 35.5. The van der Waals surface area contributed by atoms with Crippen LogP contribution in [0.25, 0.3) is 0 Å². The van der Waals surface area contributed by atoms with Crippen LogP contribution in [0.15, 0.2) is 0 Å². The molecule has 104 valence electrons. The summed E-state index contributed by atoms with van der Waals surface area (Å²) in [5, 5.41) is 3.60. The first-order chi connectivity index (χ1) is 7.93. The Labute approximate surface area is 114 Å². The van der Waals surface area contributed by atoms with Crippen molar-refractivity contribution in [1.82, 2.24) is 5.32 Å². The van der Waals surface area contributed by atoms with Gasteiger partial charge in [-0.15, -0.1) is 12.4 Å². The van der Waals surface area contributed by atoms with Gasteiger partial charge in [-0.1, -0.05) is 57.8 Å². The second-order valence-corrected chi connectivity index (χ2v) is 5.20. The second-order valence-electron chi connectivity index (χ2n) is 5.20. The van der Waals surface area contributed by atoms with Crippen molar-refractivity contribution >= 4 is 12.4 Å². The maximum atomic E-state index is 5.55. The van der Waals surface area contributed by atoms with Crippen LogP contribution in [0.3, 0.4) is 0 Å². The third kappa shape index (κ3) is 9.87. The molecule has 0 atom stereocenters. The zero-order valence-electron chi connectivity index (χ0n) is 11.3. The van der Waals surface area contributed by atoms with Gasteiger partial charge in [-0.25, -0.2) is 0 Å². The van der Waals surface area contributed by atoms with Gasteiger partial charge in [0.05, 0.1) is 0 Å². The molecule has 0 amide bonds. The predicted molar refractivity (Wildman–Crippen MR) is 78.9 cm³/mol. The van der Waals surface area contributed by atoms with E-state index in [1.807, 2.05) is 0 Å². The Balaban J connectivity index is 0.00000256. The summed E-state index contributed by atoms with van der Waals surface area (Å²) in [6.45, 7) is 1.77. The Morgan fingerprint density at radius 1 is 0.765 bits per heavy atom. The molecule has 0 saturated heterocycles. The molecule has 0 radical (unpaired) electrons. The Hall–Kier alpha value is 0.210. The summed E-state index contributed by atoms with van der Waals surface area (Å²) in [6, 6.07) is 0.739. The van der Waals surface area contributed by atoms with Crippen LogP contribution in [0.5, 0.6) is 0 Å². The van der Waals surface area contributed by atoms with Crippen molar-refractivity contribution in [2.45, 2.75) is 76.7 Å². The largest absolute Gasteiger partial charge is 0.329 e. The molecule has 0 aromatic rings. The molecule has 1 aliphatic carbocycles. The Kier molecular flexibility index (Phi) is 12.8. The molecule has 0 aromatic heterocycles. The molecule has 0 unspecified atom stereocenters. The molecule has 1 fully saturated rings. The van der Waals surface area contributed by atoms with E-state index in [9.17, 15) is 0 Å². The molecule has 3 N–H and O–H groups in total. The molecule has 0 aliphatic heterocycles. The minimum absolute atomic E-state index is 0. The van der Waals surface area contributed by atoms with Crippen LogP contribution in [0.2, 0.25) is 0 Å².